The first-order chi connectivity index (χ1) is 19.3. The van der Waals surface area contributed by atoms with E-state index in [1.165, 1.54) is 27.9 Å². The van der Waals surface area contributed by atoms with Crippen LogP contribution in [0.5, 0.6) is 0 Å². The molecule has 1 aliphatic carbocycles. The smallest absolute Gasteiger partial charge is 0.158 e. The van der Waals surface area contributed by atoms with Crippen molar-refractivity contribution in [3.63, 3.8) is 0 Å². The highest BCUT2D eigenvalue weighted by Crippen LogP contribution is 2.39. The second kappa shape index (κ2) is 18.8. The summed E-state index contributed by atoms with van der Waals surface area (Å²) in [6, 6.07) is 0. The monoisotopic (exact) mass is 550 g/mol. The molecule has 0 aromatic rings. The van der Waals surface area contributed by atoms with Crippen molar-refractivity contribution in [1.29, 1.82) is 0 Å². The minimum Gasteiger partial charge on any atom is -0.295 e. The highest BCUT2D eigenvalue weighted by molar-refractivity contribution is 5.97. The third-order valence-corrected chi connectivity index (χ3v) is 7.14. The molecule has 0 aromatic carbocycles. The molecule has 0 atom stereocenters. The van der Waals surface area contributed by atoms with Crippen LogP contribution >= 0.6 is 0 Å². The van der Waals surface area contributed by atoms with Gasteiger partial charge < -0.3 is 0 Å². The second-order valence-electron chi connectivity index (χ2n) is 12.1. The Morgan fingerprint density at radius 3 is 1.66 bits per heavy atom. The Kier molecular flexibility index (Phi) is 16.3. The zero-order chi connectivity index (χ0) is 30.8. The molecule has 0 saturated carbocycles. The van der Waals surface area contributed by atoms with Gasteiger partial charge in [-0.1, -0.05) is 145 Å². The first kappa shape index (κ1) is 35.6. The molecule has 0 spiro atoms. The van der Waals surface area contributed by atoms with Crippen LogP contribution in [-0.4, -0.2) is 5.78 Å². The van der Waals surface area contributed by atoms with E-state index in [4.69, 9.17) is 0 Å². The summed E-state index contributed by atoms with van der Waals surface area (Å²) in [4.78, 5) is 12.1. The van der Waals surface area contributed by atoms with E-state index < -0.39 is 0 Å². The lowest BCUT2D eigenvalue weighted by atomic mass is 9.72. The van der Waals surface area contributed by atoms with Crippen LogP contribution in [0.15, 0.2) is 142 Å². The van der Waals surface area contributed by atoms with Crippen LogP contribution in [0.25, 0.3) is 0 Å². The highest BCUT2D eigenvalue weighted by atomic mass is 16.1. The van der Waals surface area contributed by atoms with Gasteiger partial charge in [-0.05, 0) is 91.2 Å². The van der Waals surface area contributed by atoms with Crippen LogP contribution in [0.4, 0.5) is 0 Å². The zero-order valence-corrected chi connectivity index (χ0v) is 27.5. The molecule has 1 heteroatoms. The molecule has 1 nitrogen and oxygen atoms in total. The van der Waals surface area contributed by atoms with Gasteiger partial charge >= 0.3 is 0 Å². The van der Waals surface area contributed by atoms with Gasteiger partial charge in [0.05, 0.1) is 0 Å². The van der Waals surface area contributed by atoms with E-state index in [0.29, 0.717) is 6.42 Å². The SMILES string of the molecule is CC(C)=CCC/C(C)=C/C=C/C(C)=C/C=C/C(C)=C/C=C/C=C(C)/C=C/C=C(C)/C=C/C1=C(C)C(=O)CCC1(C)C. The minimum absolute atomic E-state index is 0.0494. The van der Waals surface area contributed by atoms with E-state index in [1.807, 2.05) is 6.92 Å². The maximum atomic E-state index is 12.1. The average molecular weight is 551 g/mol. The van der Waals surface area contributed by atoms with Crippen molar-refractivity contribution in [3.8, 4) is 0 Å². The number of hydrogen-bond acceptors (Lipinski definition) is 1. The molecular weight excluding hydrogens is 496 g/mol. The summed E-state index contributed by atoms with van der Waals surface area (Å²) < 4.78 is 0. The van der Waals surface area contributed by atoms with Gasteiger partial charge in [0.15, 0.2) is 5.78 Å². The number of rotatable bonds is 13. The molecular formula is C40H54O. The fourth-order valence-electron chi connectivity index (χ4n) is 4.35. The second-order valence-corrected chi connectivity index (χ2v) is 12.1. The summed E-state index contributed by atoms with van der Waals surface area (Å²) in [7, 11) is 0. The quantitative estimate of drug-likeness (QED) is 0.165. The van der Waals surface area contributed by atoms with Crippen molar-refractivity contribution in [2.45, 2.75) is 94.9 Å². The Labute approximate surface area is 252 Å². The Balaban J connectivity index is 2.62. The molecule has 0 aliphatic heterocycles. The van der Waals surface area contributed by atoms with E-state index in [2.05, 4.69) is 160 Å². The van der Waals surface area contributed by atoms with Crippen molar-refractivity contribution in [2.24, 2.45) is 5.41 Å². The lowest BCUT2D eigenvalue weighted by Gasteiger charge is -2.32. The van der Waals surface area contributed by atoms with E-state index in [1.54, 1.807) is 0 Å². The summed E-state index contributed by atoms with van der Waals surface area (Å²) in [5.41, 5.74) is 9.67. The molecule has 0 amide bonds. The fourth-order valence-corrected chi connectivity index (χ4v) is 4.35. The van der Waals surface area contributed by atoms with Gasteiger partial charge in [-0.15, -0.1) is 0 Å². The van der Waals surface area contributed by atoms with Crippen molar-refractivity contribution in [3.05, 3.63) is 142 Å². The molecule has 0 radical (unpaired) electrons. The number of Topliss-reactive ketones (excluding diaryl/α,β-unsaturated/α-hetero) is 1. The molecule has 220 valence electrons. The maximum absolute atomic E-state index is 12.1. The van der Waals surface area contributed by atoms with Gasteiger partial charge in [0.2, 0.25) is 0 Å². The van der Waals surface area contributed by atoms with Crippen LogP contribution in [0.1, 0.15) is 94.9 Å². The summed E-state index contributed by atoms with van der Waals surface area (Å²) in [6.07, 6.45) is 37.8. The first-order valence-corrected chi connectivity index (χ1v) is 14.9. The summed E-state index contributed by atoms with van der Waals surface area (Å²) in [6.45, 7) is 21.3. The lowest BCUT2D eigenvalue weighted by molar-refractivity contribution is -0.116. The van der Waals surface area contributed by atoms with Crippen molar-refractivity contribution >= 4 is 5.78 Å². The number of carbonyl (C=O) groups is 1. The number of hydrogen-bond donors (Lipinski definition) is 0. The molecule has 41 heavy (non-hydrogen) atoms. The van der Waals surface area contributed by atoms with Crippen molar-refractivity contribution in [2.75, 3.05) is 0 Å². The van der Waals surface area contributed by atoms with Crippen LogP contribution in [0, 0.1) is 5.41 Å². The molecule has 0 saturated heterocycles. The van der Waals surface area contributed by atoms with Gasteiger partial charge in [-0.2, -0.15) is 0 Å². The lowest BCUT2D eigenvalue weighted by Crippen LogP contribution is -2.24. The Bertz CT molecular complexity index is 1260. The first-order valence-electron chi connectivity index (χ1n) is 14.9. The van der Waals surface area contributed by atoms with Gasteiger partial charge in [0.25, 0.3) is 0 Å². The number of carbonyl (C=O) groups excluding carboxylic acids is 1. The Hall–Kier alpha value is -3.45. The fraction of sp³-hybridized carbons (Fsp3) is 0.375. The standard InChI is InChI=1S/C40H54O/c1-31(2)17-13-20-34(5)23-15-25-35(6)24-14-21-32(3)18-11-12-19-33(4)22-16-26-36(7)27-28-38-37(8)39(41)29-30-40(38,9)10/h11-12,14-19,21-28H,13,20,29-30H2,1-10H3/b12-11+,21-14+,22-16+,25-15+,28-27+,32-18+,33-19+,34-23+,35-24+,36-26+. The largest absolute Gasteiger partial charge is 0.295 e. The molecule has 0 N–H and O–H groups in total. The Morgan fingerprint density at radius 2 is 1.15 bits per heavy atom. The van der Waals surface area contributed by atoms with Crippen LogP contribution in [0.3, 0.4) is 0 Å². The normalized spacial score (nSPS) is 18.4. The predicted molar refractivity (Wildman–Crippen MR) is 184 cm³/mol. The Morgan fingerprint density at radius 1 is 0.683 bits per heavy atom. The predicted octanol–water partition coefficient (Wildman–Crippen LogP) is 12.0. The van der Waals surface area contributed by atoms with Gasteiger partial charge in [0, 0.05) is 6.42 Å². The minimum atomic E-state index is 0.0494. The summed E-state index contributed by atoms with van der Waals surface area (Å²) in [5.74, 6) is 0.278. The third kappa shape index (κ3) is 15.8. The number of allylic oxidation sites excluding steroid dienone is 24. The summed E-state index contributed by atoms with van der Waals surface area (Å²) in [5, 5.41) is 0. The number of ketones is 1. The molecule has 0 aromatic heterocycles. The molecule has 1 aliphatic rings. The van der Waals surface area contributed by atoms with Crippen LogP contribution in [-0.2, 0) is 4.79 Å². The van der Waals surface area contributed by atoms with Gasteiger partial charge in [-0.25, -0.2) is 0 Å². The van der Waals surface area contributed by atoms with Crippen LogP contribution in [0.2, 0.25) is 0 Å². The molecule has 0 bridgehead atoms. The topological polar surface area (TPSA) is 17.1 Å². The van der Waals surface area contributed by atoms with Crippen molar-refractivity contribution < 1.29 is 4.79 Å². The molecule has 1 rings (SSSR count). The molecule has 0 heterocycles. The van der Waals surface area contributed by atoms with E-state index >= 15 is 0 Å². The highest BCUT2D eigenvalue weighted by Gasteiger charge is 2.30. The third-order valence-electron chi connectivity index (χ3n) is 7.14. The van der Waals surface area contributed by atoms with E-state index in [9.17, 15) is 4.79 Å². The van der Waals surface area contributed by atoms with Gasteiger partial charge in [-0.3, -0.25) is 4.79 Å². The van der Waals surface area contributed by atoms with E-state index in [-0.39, 0.29) is 11.2 Å². The van der Waals surface area contributed by atoms with Crippen molar-refractivity contribution in [1.82, 2.24) is 0 Å². The maximum Gasteiger partial charge on any atom is 0.158 e. The van der Waals surface area contributed by atoms with E-state index in [0.717, 1.165) is 36.0 Å². The zero-order valence-electron chi connectivity index (χ0n) is 27.5. The summed E-state index contributed by atoms with van der Waals surface area (Å²) >= 11 is 0. The molecule has 0 fully saturated rings. The molecule has 0 unspecified atom stereocenters. The van der Waals surface area contributed by atoms with Gasteiger partial charge in [0.1, 0.15) is 0 Å². The average Bonchev–Trinajstić information content (AvgIpc) is 2.88. The van der Waals surface area contributed by atoms with Crippen LogP contribution < -0.4 is 0 Å².